The molecular weight excluding hydrogens is 411 g/mol. The highest BCUT2D eigenvalue weighted by Crippen LogP contribution is 2.35. The van der Waals surface area contributed by atoms with Crippen LogP contribution in [-0.2, 0) is 11.3 Å². The molecule has 150 valence electrons. The van der Waals surface area contributed by atoms with E-state index in [0.29, 0.717) is 21.2 Å². The standard InChI is InChI=1S/C22H20ClFN2O2S/c1-14-10-19(25-8-2-3-9-25)18(24)11-16(14)12-20-21(27)26(22(28)29-20)13-15-4-6-17(23)7-5-15/h4-7,10-12H,2-3,8-9,13H2,1H3/b20-12-. The van der Waals surface area contributed by atoms with Crippen molar-refractivity contribution in [2.75, 3.05) is 18.0 Å². The van der Waals surface area contributed by atoms with Gasteiger partial charge in [-0.15, -0.1) is 0 Å². The fourth-order valence-electron chi connectivity index (χ4n) is 3.59. The van der Waals surface area contributed by atoms with Crippen LogP contribution in [0.15, 0.2) is 41.3 Å². The number of carbonyl (C=O) groups is 2. The molecule has 0 unspecified atom stereocenters. The summed E-state index contributed by atoms with van der Waals surface area (Å²) in [6.45, 7) is 3.79. The fourth-order valence-corrected chi connectivity index (χ4v) is 4.54. The number of carbonyl (C=O) groups excluding carboxylic acids is 2. The highest BCUT2D eigenvalue weighted by molar-refractivity contribution is 8.18. The maximum Gasteiger partial charge on any atom is 0.293 e. The normalized spacial score (nSPS) is 18.4. The second-order valence-electron chi connectivity index (χ2n) is 7.25. The number of benzene rings is 2. The maximum atomic E-state index is 14.7. The molecule has 2 aromatic carbocycles. The molecule has 0 radical (unpaired) electrons. The van der Waals surface area contributed by atoms with Crippen LogP contribution in [0.3, 0.4) is 0 Å². The summed E-state index contributed by atoms with van der Waals surface area (Å²) in [6, 6.07) is 10.3. The van der Waals surface area contributed by atoms with Gasteiger partial charge in [0.25, 0.3) is 11.1 Å². The third kappa shape index (κ3) is 4.19. The number of halogens is 2. The molecule has 0 saturated carbocycles. The second-order valence-corrected chi connectivity index (χ2v) is 8.68. The van der Waals surface area contributed by atoms with Crippen molar-refractivity contribution in [3.8, 4) is 0 Å². The first-order chi connectivity index (χ1) is 13.9. The van der Waals surface area contributed by atoms with Gasteiger partial charge in [-0.2, -0.15) is 0 Å². The number of aryl methyl sites for hydroxylation is 1. The van der Waals surface area contributed by atoms with Crippen molar-refractivity contribution >= 4 is 46.3 Å². The molecule has 2 heterocycles. The predicted octanol–water partition coefficient (Wildman–Crippen LogP) is 5.62. The van der Waals surface area contributed by atoms with Gasteiger partial charge in [0, 0.05) is 18.1 Å². The number of anilines is 1. The molecule has 4 nitrogen and oxygen atoms in total. The summed E-state index contributed by atoms with van der Waals surface area (Å²) in [6.07, 6.45) is 3.75. The molecule has 2 fully saturated rings. The molecule has 2 saturated heterocycles. The first-order valence-electron chi connectivity index (χ1n) is 9.47. The van der Waals surface area contributed by atoms with E-state index in [9.17, 15) is 14.0 Å². The van der Waals surface area contributed by atoms with E-state index in [4.69, 9.17) is 11.6 Å². The van der Waals surface area contributed by atoms with Crippen LogP contribution in [0.2, 0.25) is 5.02 Å². The Bertz CT molecular complexity index is 1000. The molecule has 0 aromatic heterocycles. The van der Waals surface area contributed by atoms with E-state index >= 15 is 0 Å². The lowest BCUT2D eigenvalue weighted by molar-refractivity contribution is -0.123. The molecule has 4 rings (SSSR count). The third-order valence-corrected chi connectivity index (χ3v) is 6.36. The van der Waals surface area contributed by atoms with Gasteiger partial charge in [-0.05, 0) is 78.6 Å². The predicted molar refractivity (Wildman–Crippen MR) is 116 cm³/mol. The Balaban J connectivity index is 1.56. The summed E-state index contributed by atoms with van der Waals surface area (Å²) >= 11 is 6.77. The number of hydrogen-bond acceptors (Lipinski definition) is 4. The summed E-state index contributed by atoms with van der Waals surface area (Å²) in [5.41, 5.74) is 2.91. The Labute approximate surface area is 178 Å². The van der Waals surface area contributed by atoms with Crippen LogP contribution in [0, 0.1) is 12.7 Å². The molecule has 0 spiro atoms. The number of thioether (sulfide) groups is 1. The number of hydrogen-bond donors (Lipinski definition) is 0. The first-order valence-corrected chi connectivity index (χ1v) is 10.7. The van der Waals surface area contributed by atoms with E-state index in [1.54, 1.807) is 30.3 Å². The zero-order chi connectivity index (χ0) is 20.5. The lowest BCUT2D eigenvalue weighted by Gasteiger charge is -2.19. The number of rotatable bonds is 4. The summed E-state index contributed by atoms with van der Waals surface area (Å²) < 4.78 is 14.7. The Kier molecular flexibility index (Phi) is 5.65. The van der Waals surface area contributed by atoms with Crippen LogP contribution in [0.5, 0.6) is 0 Å². The van der Waals surface area contributed by atoms with Gasteiger partial charge in [0.15, 0.2) is 0 Å². The van der Waals surface area contributed by atoms with Crippen molar-refractivity contribution in [2.24, 2.45) is 0 Å². The highest BCUT2D eigenvalue weighted by atomic mass is 35.5. The van der Waals surface area contributed by atoms with Crippen LogP contribution in [0.4, 0.5) is 14.9 Å². The number of imide groups is 1. The minimum atomic E-state index is -0.363. The van der Waals surface area contributed by atoms with Crippen molar-refractivity contribution in [1.29, 1.82) is 0 Å². The Morgan fingerprint density at radius 2 is 1.83 bits per heavy atom. The Hall–Kier alpha value is -2.31. The average molecular weight is 431 g/mol. The smallest absolute Gasteiger partial charge is 0.293 e. The zero-order valence-electron chi connectivity index (χ0n) is 16.0. The monoisotopic (exact) mass is 430 g/mol. The average Bonchev–Trinajstić information content (AvgIpc) is 3.31. The van der Waals surface area contributed by atoms with Crippen molar-refractivity contribution in [1.82, 2.24) is 4.90 Å². The van der Waals surface area contributed by atoms with Crippen LogP contribution in [0.25, 0.3) is 6.08 Å². The molecule has 0 bridgehead atoms. The molecule has 7 heteroatoms. The van der Waals surface area contributed by atoms with Gasteiger partial charge in [-0.1, -0.05) is 23.7 Å². The van der Waals surface area contributed by atoms with E-state index in [2.05, 4.69) is 0 Å². The van der Waals surface area contributed by atoms with E-state index in [-0.39, 0.29) is 23.5 Å². The third-order valence-electron chi connectivity index (χ3n) is 5.20. The summed E-state index contributed by atoms with van der Waals surface area (Å²) in [4.78, 5) is 28.7. The van der Waals surface area contributed by atoms with Crippen LogP contribution in [0.1, 0.15) is 29.5 Å². The Morgan fingerprint density at radius 1 is 1.14 bits per heavy atom. The maximum absolute atomic E-state index is 14.7. The molecular formula is C22H20ClFN2O2S. The summed E-state index contributed by atoms with van der Waals surface area (Å²) in [7, 11) is 0. The van der Waals surface area contributed by atoms with Crippen molar-refractivity contribution in [3.63, 3.8) is 0 Å². The quantitative estimate of drug-likeness (QED) is 0.590. The lowest BCUT2D eigenvalue weighted by Crippen LogP contribution is -2.27. The van der Waals surface area contributed by atoms with Crippen LogP contribution < -0.4 is 4.90 Å². The molecule has 0 N–H and O–H groups in total. The van der Waals surface area contributed by atoms with Gasteiger partial charge in [0.05, 0.1) is 17.1 Å². The van der Waals surface area contributed by atoms with Crippen LogP contribution >= 0.6 is 23.4 Å². The van der Waals surface area contributed by atoms with Gasteiger partial charge in [0.2, 0.25) is 0 Å². The molecule has 2 amide bonds. The zero-order valence-corrected chi connectivity index (χ0v) is 17.5. The molecule has 2 aromatic rings. The molecule has 0 aliphatic carbocycles. The summed E-state index contributed by atoms with van der Waals surface area (Å²) in [5.74, 6) is -0.664. The molecule has 2 aliphatic heterocycles. The fraction of sp³-hybridized carbons (Fsp3) is 0.273. The van der Waals surface area contributed by atoms with E-state index in [1.807, 2.05) is 17.9 Å². The lowest BCUT2D eigenvalue weighted by atomic mass is 10.1. The topological polar surface area (TPSA) is 40.6 Å². The number of nitrogens with zero attached hydrogens (tertiary/aromatic N) is 2. The van der Waals surface area contributed by atoms with Gasteiger partial charge in [-0.3, -0.25) is 14.5 Å². The van der Waals surface area contributed by atoms with Crippen molar-refractivity contribution < 1.29 is 14.0 Å². The van der Waals surface area contributed by atoms with Gasteiger partial charge < -0.3 is 4.90 Å². The highest BCUT2D eigenvalue weighted by Gasteiger charge is 2.35. The van der Waals surface area contributed by atoms with Crippen LogP contribution in [-0.4, -0.2) is 29.1 Å². The summed E-state index contributed by atoms with van der Waals surface area (Å²) in [5, 5.41) is 0.265. The van der Waals surface area contributed by atoms with E-state index in [0.717, 1.165) is 48.8 Å². The largest absolute Gasteiger partial charge is 0.369 e. The Morgan fingerprint density at radius 3 is 2.52 bits per heavy atom. The minimum Gasteiger partial charge on any atom is -0.369 e. The van der Waals surface area contributed by atoms with E-state index < -0.39 is 0 Å². The number of amides is 2. The SMILES string of the molecule is Cc1cc(N2CCCC2)c(F)cc1/C=C1\SC(=O)N(Cc2ccc(Cl)cc2)C1=O. The minimum absolute atomic E-state index is 0.181. The second kappa shape index (κ2) is 8.20. The van der Waals surface area contributed by atoms with E-state index in [1.165, 1.54) is 11.0 Å². The van der Waals surface area contributed by atoms with Crippen molar-refractivity contribution in [2.45, 2.75) is 26.3 Å². The van der Waals surface area contributed by atoms with Gasteiger partial charge >= 0.3 is 0 Å². The molecule has 2 aliphatic rings. The molecule has 0 atom stereocenters. The van der Waals surface area contributed by atoms with Gasteiger partial charge in [0.1, 0.15) is 5.82 Å². The van der Waals surface area contributed by atoms with Gasteiger partial charge in [-0.25, -0.2) is 4.39 Å². The first kappa shape index (κ1) is 20.0. The molecule has 29 heavy (non-hydrogen) atoms. The van der Waals surface area contributed by atoms with Crippen molar-refractivity contribution in [3.05, 3.63) is 68.8 Å².